The SMILES string of the molecule is CCO[C@H](c1cccc(C(=O)CCl)c1OC)C(C)(C)C. The lowest BCUT2D eigenvalue weighted by Gasteiger charge is -2.32. The minimum absolute atomic E-state index is 0.0609. The summed E-state index contributed by atoms with van der Waals surface area (Å²) in [5, 5.41) is 0. The van der Waals surface area contributed by atoms with Crippen molar-refractivity contribution in [2.75, 3.05) is 19.6 Å². The Bertz CT molecular complexity index is 463. The standard InChI is InChI=1S/C16H23ClO3/c1-6-20-15(16(2,3)4)12-9-7-8-11(13(18)10-17)14(12)19-5/h7-9,15H,6,10H2,1-5H3/t15-/m1/s1. The molecule has 4 heteroatoms. The number of hydrogen-bond acceptors (Lipinski definition) is 3. The maximum Gasteiger partial charge on any atom is 0.181 e. The Morgan fingerprint density at radius 1 is 1.35 bits per heavy atom. The van der Waals surface area contributed by atoms with E-state index < -0.39 is 0 Å². The number of rotatable bonds is 6. The van der Waals surface area contributed by atoms with Gasteiger partial charge in [-0.2, -0.15) is 0 Å². The van der Waals surface area contributed by atoms with Crippen LogP contribution in [0.5, 0.6) is 5.75 Å². The number of benzene rings is 1. The van der Waals surface area contributed by atoms with Crippen LogP contribution in [0.4, 0.5) is 0 Å². The number of alkyl halides is 1. The second-order valence-electron chi connectivity index (χ2n) is 5.69. The van der Waals surface area contributed by atoms with E-state index in [2.05, 4.69) is 20.8 Å². The molecule has 0 bridgehead atoms. The van der Waals surface area contributed by atoms with Crippen LogP contribution < -0.4 is 4.74 Å². The first-order valence-electron chi connectivity index (χ1n) is 6.74. The Morgan fingerprint density at radius 3 is 2.45 bits per heavy atom. The Hall–Kier alpha value is -1.06. The van der Waals surface area contributed by atoms with Crippen LogP contribution in [0, 0.1) is 5.41 Å². The second-order valence-corrected chi connectivity index (χ2v) is 5.95. The molecular formula is C16H23ClO3. The van der Waals surface area contributed by atoms with Crippen molar-refractivity contribution in [2.24, 2.45) is 5.41 Å². The van der Waals surface area contributed by atoms with Gasteiger partial charge >= 0.3 is 0 Å². The second kappa shape index (κ2) is 7.09. The molecule has 0 aliphatic carbocycles. The van der Waals surface area contributed by atoms with Gasteiger partial charge in [-0.3, -0.25) is 4.79 Å². The molecule has 20 heavy (non-hydrogen) atoms. The van der Waals surface area contributed by atoms with Crippen LogP contribution in [0.15, 0.2) is 18.2 Å². The predicted molar refractivity (Wildman–Crippen MR) is 81.9 cm³/mol. The predicted octanol–water partition coefficient (Wildman–Crippen LogP) is 4.24. The van der Waals surface area contributed by atoms with Crippen molar-refractivity contribution in [1.29, 1.82) is 0 Å². The average Bonchev–Trinajstić information content (AvgIpc) is 2.41. The number of methoxy groups -OCH3 is 1. The van der Waals surface area contributed by atoms with Gasteiger partial charge in [-0.15, -0.1) is 11.6 Å². The molecular weight excluding hydrogens is 276 g/mol. The summed E-state index contributed by atoms with van der Waals surface area (Å²) in [6, 6.07) is 5.52. The molecule has 1 aromatic rings. The van der Waals surface area contributed by atoms with Crippen LogP contribution in [0.1, 0.15) is 49.7 Å². The Kier molecular flexibility index (Phi) is 6.03. The van der Waals surface area contributed by atoms with E-state index in [9.17, 15) is 4.79 Å². The number of ketones is 1. The minimum atomic E-state index is -0.148. The summed E-state index contributed by atoms with van der Waals surface area (Å²) in [7, 11) is 1.56. The third-order valence-corrected chi connectivity index (χ3v) is 3.32. The van der Waals surface area contributed by atoms with Gasteiger partial charge < -0.3 is 9.47 Å². The molecule has 112 valence electrons. The zero-order valence-corrected chi connectivity index (χ0v) is 13.6. The molecule has 0 unspecified atom stereocenters. The van der Waals surface area contributed by atoms with Gasteiger partial charge in [-0.1, -0.05) is 32.9 Å². The fraction of sp³-hybridized carbons (Fsp3) is 0.562. The zero-order valence-electron chi connectivity index (χ0n) is 12.8. The van der Waals surface area contributed by atoms with E-state index in [0.717, 1.165) is 5.56 Å². The van der Waals surface area contributed by atoms with Gasteiger partial charge in [0.25, 0.3) is 0 Å². The molecule has 0 N–H and O–H groups in total. The molecule has 1 atom stereocenters. The highest BCUT2D eigenvalue weighted by atomic mass is 35.5. The third-order valence-electron chi connectivity index (χ3n) is 3.07. The smallest absolute Gasteiger partial charge is 0.181 e. The molecule has 0 aromatic heterocycles. The fourth-order valence-electron chi connectivity index (χ4n) is 2.25. The molecule has 0 aliphatic heterocycles. The van der Waals surface area contributed by atoms with Gasteiger partial charge in [0, 0.05) is 12.2 Å². The van der Waals surface area contributed by atoms with Crippen molar-refractivity contribution in [3.05, 3.63) is 29.3 Å². The van der Waals surface area contributed by atoms with Crippen molar-refractivity contribution < 1.29 is 14.3 Å². The van der Waals surface area contributed by atoms with Gasteiger partial charge in [0.1, 0.15) is 5.75 Å². The fourth-order valence-corrected chi connectivity index (χ4v) is 2.40. The van der Waals surface area contributed by atoms with Crippen LogP contribution in [-0.2, 0) is 4.74 Å². The molecule has 0 amide bonds. The first-order valence-corrected chi connectivity index (χ1v) is 7.27. The molecule has 0 spiro atoms. The monoisotopic (exact) mass is 298 g/mol. The van der Waals surface area contributed by atoms with Gasteiger partial charge in [-0.25, -0.2) is 0 Å². The van der Waals surface area contributed by atoms with Gasteiger partial charge in [0.05, 0.1) is 24.7 Å². The summed E-state index contributed by atoms with van der Waals surface area (Å²) in [4.78, 5) is 11.9. The normalized spacial score (nSPS) is 13.1. The van der Waals surface area contributed by atoms with Crippen LogP contribution in [0.2, 0.25) is 0 Å². The zero-order chi connectivity index (χ0) is 15.3. The van der Waals surface area contributed by atoms with Crippen LogP contribution in [-0.4, -0.2) is 25.4 Å². The molecule has 0 saturated heterocycles. The van der Waals surface area contributed by atoms with E-state index in [1.807, 2.05) is 19.1 Å². The number of ether oxygens (including phenoxy) is 2. The summed E-state index contributed by atoms with van der Waals surface area (Å²) >= 11 is 5.66. The number of Topliss-reactive ketones (excluding diaryl/α,β-unsaturated/α-hetero) is 1. The van der Waals surface area contributed by atoms with Crippen LogP contribution in [0.25, 0.3) is 0 Å². The molecule has 3 nitrogen and oxygen atoms in total. The molecule has 1 rings (SSSR count). The minimum Gasteiger partial charge on any atom is -0.496 e. The molecule has 0 heterocycles. The highest BCUT2D eigenvalue weighted by Crippen LogP contribution is 2.41. The lowest BCUT2D eigenvalue weighted by molar-refractivity contribution is -0.0146. The van der Waals surface area contributed by atoms with Crippen molar-refractivity contribution in [3.63, 3.8) is 0 Å². The summed E-state index contributed by atoms with van der Waals surface area (Å²) in [6.45, 7) is 8.85. The Morgan fingerprint density at radius 2 is 2.00 bits per heavy atom. The quantitative estimate of drug-likeness (QED) is 0.582. The van der Waals surface area contributed by atoms with E-state index in [-0.39, 0.29) is 23.2 Å². The van der Waals surface area contributed by atoms with E-state index in [4.69, 9.17) is 21.1 Å². The summed E-state index contributed by atoms with van der Waals surface area (Å²) in [5.74, 6) is 0.357. The average molecular weight is 299 g/mol. The summed E-state index contributed by atoms with van der Waals surface area (Å²) in [5.41, 5.74) is 1.29. The number of halogens is 1. The maximum absolute atomic E-state index is 11.9. The summed E-state index contributed by atoms with van der Waals surface area (Å²) in [6.07, 6.45) is -0.148. The van der Waals surface area contributed by atoms with Crippen LogP contribution in [0.3, 0.4) is 0 Å². The Labute approximate surface area is 126 Å². The first-order chi connectivity index (χ1) is 9.36. The van der Waals surface area contributed by atoms with Gasteiger partial charge in [-0.05, 0) is 18.4 Å². The number of hydrogen-bond donors (Lipinski definition) is 0. The van der Waals surface area contributed by atoms with Crippen molar-refractivity contribution >= 4 is 17.4 Å². The molecule has 1 aromatic carbocycles. The van der Waals surface area contributed by atoms with Crippen molar-refractivity contribution in [1.82, 2.24) is 0 Å². The maximum atomic E-state index is 11.9. The van der Waals surface area contributed by atoms with Crippen LogP contribution >= 0.6 is 11.6 Å². The van der Waals surface area contributed by atoms with E-state index in [0.29, 0.717) is 17.9 Å². The van der Waals surface area contributed by atoms with Crippen molar-refractivity contribution in [3.8, 4) is 5.75 Å². The van der Waals surface area contributed by atoms with E-state index in [1.165, 1.54) is 0 Å². The first kappa shape index (κ1) is 17.0. The molecule has 0 radical (unpaired) electrons. The Balaban J connectivity index is 3.38. The summed E-state index contributed by atoms with van der Waals surface area (Å²) < 4.78 is 11.3. The highest BCUT2D eigenvalue weighted by molar-refractivity contribution is 6.30. The van der Waals surface area contributed by atoms with E-state index in [1.54, 1.807) is 13.2 Å². The van der Waals surface area contributed by atoms with Gasteiger partial charge in [0.2, 0.25) is 0 Å². The third kappa shape index (κ3) is 3.74. The largest absolute Gasteiger partial charge is 0.496 e. The van der Waals surface area contributed by atoms with Crippen molar-refractivity contribution in [2.45, 2.75) is 33.8 Å². The lowest BCUT2D eigenvalue weighted by Crippen LogP contribution is -2.22. The lowest BCUT2D eigenvalue weighted by atomic mass is 9.83. The number of carbonyl (C=O) groups is 1. The molecule has 0 fully saturated rings. The topological polar surface area (TPSA) is 35.5 Å². The highest BCUT2D eigenvalue weighted by Gasteiger charge is 2.30. The number of para-hydroxylation sites is 1. The number of carbonyl (C=O) groups excluding carboxylic acids is 1. The molecule has 0 aliphatic rings. The van der Waals surface area contributed by atoms with Gasteiger partial charge in [0.15, 0.2) is 5.78 Å². The van der Waals surface area contributed by atoms with E-state index >= 15 is 0 Å². The molecule has 0 saturated carbocycles.